The van der Waals surface area contributed by atoms with Crippen molar-refractivity contribution in [2.75, 3.05) is 18.9 Å². The molecule has 0 aliphatic carbocycles. The Bertz CT molecular complexity index is 2090. The van der Waals surface area contributed by atoms with E-state index in [0.29, 0.717) is 6.20 Å². The van der Waals surface area contributed by atoms with Crippen LogP contribution in [0.5, 0.6) is 6.01 Å². The van der Waals surface area contributed by atoms with Crippen molar-refractivity contribution in [3.05, 3.63) is 62.8 Å². The van der Waals surface area contributed by atoms with Crippen molar-refractivity contribution in [2.24, 2.45) is 0 Å². The Morgan fingerprint density at radius 2 is 1.70 bits per heavy atom. The molecular weight excluding hydrogens is 712 g/mol. The molecule has 23 nitrogen and oxygen atoms in total. The van der Waals surface area contributed by atoms with Gasteiger partial charge in [-0.25, -0.2) is 18.7 Å². The predicted octanol–water partition coefficient (Wildman–Crippen LogP) is -4.01. The standard InChI is InChI=1S/C10H13FN5O7P.C9H10FN3O4.C4H3FN2O2/c11-10-14-7(12)4-8(15-10)16(2-13-4)9-6(18)5(17)3(23-9)1-22-24(19,20)21;10-3-1-13-8-6(5(15)4(2-14)16-8)17-9(13)12-7(3)11;5-2-1-6-4(9)7-3(2)8/h2-3,5-6,9,17-18H,1H2,(H2,12,14,15)(H2,19,20,21);1,4-6,8,11,14-15H,2H2;1H,(H2,6,7,8,9)/t3-,5-,6+,9-;4-,5-,6+,8-;/m11./s1. The van der Waals surface area contributed by atoms with Gasteiger partial charge in [0.2, 0.25) is 5.82 Å². The van der Waals surface area contributed by atoms with E-state index in [0.717, 1.165) is 17.1 Å². The lowest BCUT2D eigenvalue weighted by molar-refractivity contribution is -0.0504. The van der Waals surface area contributed by atoms with E-state index in [1.807, 2.05) is 4.98 Å². The third-order valence-corrected chi connectivity index (χ3v) is 7.61. The number of hydrogen-bond acceptors (Lipinski definition) is 17. The second kappa shape index (κ2) is 14.3. The van der Waals surface area contributed by atoms with E-state index in [9.17, 15) is 42.6 Å². The van der Waals surface area contributed by atoms with Gasteiger partial charge in [-0.15, -0.1) is 0 Å². The van der Waals surface area contributed by atoms with Crippen LogP contribution in [0.2, 0.25) is 0 Å². The van der Waals surface area contributed by atoms with Gasteiger partial charge in [-0.05, 0) is 0 Å². The average molecular weight is 738 g/mol. The van der Waals surface area contributed by atoms with Gasteiger partial charge in [0.05, 0.1) is 25.7 Å². The monoisotopic (exact) mass is 738 g/mol. The summed E-state index contributed by atoms with van der Waals surface area (Å²) in [4.78, 5) is 55.7. The van der Waals surface area contributed by atoms with Crippen LogP contribution in [0.4, 0.5) is 19.0 Å². The molecule has 0 unspecified atom stereocenters. The molecular formula is C23H26F3N10O13P. The molecule has 2 saturated heterocycles. The van der Waals surface area contributed by atoms with Crippen LogP contribution in [-0.4, -0.2) is 119 Å². The summed E-state index contributed by atoms with van der Waals surface area (Å²) in [5.74, 6) is -2.01. The number of aromatic nitrogens is 8. The number of aliphatic hydroxyl groups excluding tert-OH is 4. The van der Waals surface area contributed by atoms with E-state index in [-0.39, 0.29) is 29.6 Å². The zero-order valence-electron chi connectivity index (χ0n) is 24.6. The minimum absolute atomic E-state index is 0.0295. The average Bonchev–Trinajstić information content (AvgIpc) is 3.77. The van der Waals surface area contributed by atoms with E-state index in [1.54, 1.807) is 4.98 Å². The largest absolute Gasteiger partial charge is 0.469 e. The van der Waals surface area contributed by atoms with Crippen LogP contribution in [-0.2, 0) is 18.6 Å². The topological polar surface area (TPSA) is 352 Å². The van der Waals surface area contributed by atoms with Gasteiger partial charge in [-0.1, -0.05) is 0 Å². The molecule has 7 heterocycles. The maximum Gasteiger partial charge on any atom is 0.469 e. The van der Waals surface area contributed by atoms with E-state index < -0.39 is 98.0 Å². The number of fused-ring (bicyclic) bond motifs is 4. The SMILES string of the molecule is N=c1nc2n(cc1F)[C@@H]1O[C@H](CO)[C@@H](O)[C@@H]1O2.Nc1nc(F)nc2c1ncn2[C@@H]1O[C@H](COP(=O)(O)O)[C@@H](O)[C@@H]1O.O=c1[nH]cc(F)c(=O)[nH]1. The van der Waals surface area contributed by atoms with Gasteiger partial charge in [0.15, 0.2) is 46.8 Å². The van der Waals surface area contributed by atoms with Crippen LogP contribution in [0.1, 0.15) is 12.5 Å². The summed E-state index contributed by atoms with van der Waals surface area (Å²) in [6.07, 6.45) is -6.94. The molecule has 272 valence electrons. The van der Waals surface area contributed by atoms with Crippen molar-refractivity contribution in [1.29, 1.82) is 5.41 Å². The minimum Gasteiger partial charge on any atom is -0.454 e. The molecule has 7 rings (SSSR count). The van der Waals surface area contributed by atoms with E-state index in [2.05, 4.69) is 24.5 Å². The lowest BCUT2D eigenvalue weighted by Gasteiger charge is -2.16. The fourth-order valence-corrected chi connectivity index (χ4v) is 5.16. The zero-order valence-corrected chi connectivity index (χ0v) is 25.5. The highest BCUT2D eigenvalue weighted by Crippen LogP contribution is 2.40. The number of H-pyrrole nitrogens is 2. The van der Waals surface area contributed by atoms with Crippen molar-refractivity contribution >= 4 is 24.8 Å². The Kier molecular flexibility index (Phi) is 10.5. The Labute approximate surface area is 273 Å². The normalized spacial score (nSPS) is 26.7. The number of ether oxygens (including phenoxy) is 3. The number of hydrogen-bond donors (Lipinski definition) is 10. The van der Waals surface area contributed by atoms with E-state index in [1.165, 1.54) is 4.57 Å². The van der Waals surface area contributed by atoms with Gasteiger partial charge in [-0.3, -0.25) is 28.8 Å². The molecule has 50 heavy (non-hydrogen) atoms. The number of imidazole rings is 1. The number of nitrogens with one attached hydrogen (secondary N) is 3. The third-order valence-electron chi connectivity index (χ3n) is 7.13. The van der Waals surface area contributed by atoms with Crippen LogP contribution in [0, 0.1) is 23.1 Å². The first-order chi connectivity index (χ1) is 23.5. The van der Waals surface area contributed by atoms with Crippen LogP contribution in [0.25, 0.3) is 11.2 Å². The summed E-state index contributed by atoms with van der Waals surface area (Å²) in [6, 6.07) is 0.0295. The maximum atomic E-state index is 13.3. The summed E-state index contributed by atoms with van der Waals surface area (Å²) in [7, 11) is -4.78. The minimum atomic E-state index is -4.78. The van der Waals surface area contributed by atoms with Gasteiger partial charge in [0, 0.05) is 6.20 Å². The van der Waals surface area contributed by atoms with Gasteiger partial charge < -0.3 is 55.1 Å². The fourth-order valence-electron chi connectivity index (χ4n) is 4.81. The number of anilines is 1. The second-order valence-corrected chi connectivity index (χ2v) is 11.6. The van der Waals surface area contributed by atoms with Crippen molar-refractivity contribution in [3.63, 3.8) is 0 Å². The van der Waals surface area contributed by atoms with Crippen molar-refractivity contribution in [2.45, 2.75) is 49.1 Å². The number of phosphoric acid groups is 1. The van der Waals surface area contributed by atoms with Crippen molar-refractivity contribution < 1.29 is 66.7 Å². The molecule has 0 radical (unpaired) electrons. The zero-order chi connectivity index (χ0) is 36.7. The molecule has 0 saturated carbocycles. The molecule has 0 bridgehead atoms. The fraction of sp³-hybridized carbons (Fsp3) is 0.435. The maximum absolute atomic E-state index is 13.3. The summed E-state index contributed by atoms with van der Waals surface area (Å²) >= 11 is 0. The van der Waals surface area contributed by atoms with Crippen LogP contribution in [0.3, 0.4) is 0 Å². The predicted molar refractivity (Wildman–Crippen MR) is 151 cm³/mol. The Morgan fingerprint density at radius 3 is 2.34 bits per heavy atom. The Balaban J connectivity index is 0.000000162. The lowest BCUT2D eigenvalue weighted by atomic mass is 10.1. The quantitative estimate of drug-likeness (QED) is 0.0688. The van der Waals surface area contributed by atoms with Crippen molar-refractivity contribution in [1.82, 2.24) is 39.0 Å². The number of nitrogens with zero attached hydrogens (tertiary/aromatic N) is 6. The molecule has 4 aromatic heterocycles. The third kappa shape index (κ3) is 7.58. The second-order valence-electron chi connectivity index (χ2n) is 10.4. The molecule has 11 N–H and O–H groups in total. The highest BCUT2D eigenvalue weighted by molar-refractivity contribution is 7.46. The van der Waals surface area contributed by atoms with Gasteiger partial charge in [-0.2, -0.15) is 23.7 Å². The van der Waals surface area contributed by atoms with E-state index >= 15 is 0 Å². The molecule has 2 fully saturated rings. The highest BCUT2D eigenvalue weighted by Gasteiger charge is 2.51. The molecule has 3 aliphatic heterocycles. The number of aliphatic hydroxyl groups is 4. The summed E-state index contributed by atoms with van der Waals surface area (Å²) < 4.78 is 71.9. The molecule has 0 spiro atoms. The van der Waals surface area contributed by atoms with Crippen LogP contribution in [0.15, 0.2) is 28.3 Å². The molecule has 8 atom stereocenters. The molecule has 0 amide bonds. The smallest absolute Gasteiger partial charge is 0.454 e. The lowest BCUT2D eigenvalue weighted by Crippen LogP contribution is -2.34. The number of halogens is 3. The molecule has 3 aliphatic rings. The van der Waals surface area contributed by atoms with Crippen LogP contribution < -0.4 is 27.2 Å². The summed E-state index contributed by atoms with van der Waals surface area (Å²) in [6.45, 7) is -1.02. The van der Waals surface area contributed by atoms with Crippen molar-refractivity contribution in [3.8, 4) is 6.01 Å². The number of nitrogens with two attached hydrogens (primary N) is 1. The van der Waals surface area contributed by atoms with E-state index in [4.69, 9.17) is 40.2 Å². The first-order valence-electron chi connectivity index (χ1n) is 13.8. The van der Waals surface area contributed by atoms with Crippen LogP contribution >= 0.6 is 7.82 Å². The Morgan fingerprint density at radius 1 is 1.00 bits per heavy atom. The number of nitrogen functional groups attached to an aromatic ring is 1. The summed E-state index contributed by atoms with van der Waals surface area (Å²) in [5.41, 5.74) is 3.29. The number of rotatable bonds is 5. The highest BCUT2D eigenvalue weighted by atomic mass is 31.2. The number of phosphoric ester groups is 1. The molecule has 4 aromatic rings. The first kappa shape index (κ1) is 36.6. The summed E-state index contributed by atoms with van der Waals surface area (Å²) in [5, 5.41) is 46.0. The molecule has 0 aromatic carbocycles. The molecule has 27 heteroatoms. The first-order valence-corrected chi connectivity index (χ1v) is 15.3. The number of aromatic amines is 2. The van der Waals surface area contributed by atoms with Gasteiger partial charge in [0.1, 0.15) is 30.5 Å². The Hall–Kier alpha value is -4.63. The van der Waals surface area contributed by atoms with Gasteiger partial charge in [0.25, 0.3) is 5.56 Å². The van der Waals surface area contributed by atoms with Gasteiger partial charge >= 0.3 is 25.6 Å².